The van der Waals surface area contributed by atoms with Gasteiger partial charge in [-0.2, -0.15) is 64.8 Å². The van der Waals surface area contributed by atoms with E-state index in [0.29, 0.717) is 55.3 Å². The molecule has 6 aromatic carbocycles. The second-order valence-corrected chi connectivity index (χ2v) is 23.2. The minimum Gasteiger partial charge on any atom is -0.493 e. The van der Waals surface area contributed by atoms with Crippen molar-refractivity contribution >= 4 is 47.5 Å². The van der Waals surface area contributed by atoms with Crippen LogP contribution in [0.15, 0.2) is 161 Å². The molecule has 0 saturated heterocycles. The van der Waals surface area contributed by atoms with E-state index in [0.717, 1.165) is 53.1 Å². The third kappa shape index (κ3) is 21.1. The molecule has 0 radical (unpaired) electrons. The van der Waals surface area contributed by atoms with Gasteiger partial charge >= 0.3 is 48.9 Å². The van der Waals surface area contributed by atoms with Crippen molar-refractivity contribution in [2.75, 3.05) is 58.4 Å². The van der Waals surface area contributed by atoms with Crippen LogP contribution in [-0.2, 0) is 48.6 Å². The van der Waals surface area contributed by atoms with Crippen molar-refractivity contribution in [1.29, 1.82) is 0 Å². The molecule has 0 unspecified atom stereocenters. The van der Waals surface area contributed by atoms with Crippen LogP contribution in [0, 0.1) is 0 Å². The minimum absolute atomic E-state index is 0.129. The standard InChI is InChI=1S/C56H54F9N3O15S3/c1-53(41-14-26-47(27-15-41)78-35-5-32-75-44-20-8-38(9-21-44)50(54(57,58)59)66-81-84(2,69)70,42-16-28-48(29-17-42)79-36-6-33-76-45-22-10-39(11-23-45)51(55(60,61)62)67-82-85(3,71)72)43-18-30-49(31-19-43)80-37-7-34-77-46-24-12-40(13-25-46)52(56(63,64)65)68-83-86(4,73)74/h8-31H,5-7,32-37H2,1-4H3/b66-50-,67-51-,68-52-. The van der Waals surface area contributed by atoms with Gasteiger partial charge in [0.05, 0.1) is 58.4 Å². The number of ether oxygens (including phenoxy) is 6. The second-order valence-electron chi connectivity index (χ2n) is 18.6. The summed E-state index contributed by atoms with van der Waals surface area (Å²) in [5.41, 5.74) is -4.23. The highest BCUT2D eigenvalue weighted by Crippen LogP contribution is 2.41. The first kappa shape index (κ1) is 66.9. The number of nitrogens with zero attached hydrogens (tertiary/aromatic N) is 3. The van der Waals surface area contributed by atoms with Gasteiger partial charge in [0, 0.05) is 41.4 Å². The molecule has 0 aliphatic heterocycles. The molecule has 6 rings (SSSR count). The second kappa shape index (κ2) is 28.8. The molecule has 0 aliphatic rings. The summed E-state index contributed by atoms with van der Waals surface area (Å²) in [6.45, 7) is 3.01. The van der Waals surface area contributed by atoms with Crippen LogP contribution in [0.4, 0.5) is 39.5 Å². The van der Waals surface area contributed by atoms with Gasteiger partial charge in [0.15, 0.2) is 17.1 Å². The fourth-order valence-corrected chi connectivity index (χ4v) is 8.35. The summed E-state index contributed by atoms with van der Waals surface area (Å²) in [5.74, 6) is 2.27. The van der Waals surface area contributed by atoms with Crippen LogP contribution in [0.5, 0.6) is 34.5 Å². The Morgan fingerprint density at radius 3 is 0.663 bits per heavy atom. The van der Waals surface area contributed by atoms with E-state index in [-0.39, 0.29) is 56.9 Å². The van der Waals surface area contributed by atoms with E-state index in [4.69, 9.17) is 28.4 Å². The van der Waals surface area contributed by atoms with Crippen molar-refractivity contribution in [1.82, 2.24) is 0 Å². The van der Waals surface area contributed by atoms with Crippen molar-refractivity contribution in [2.45, 2.75) is 50.1 Å². The van der Waals surface area contributed by atoms with Crippen LogP contribution in [0.1, 0.15) is 59.6 Å². The summed E-state index contributed by atoms with van der Waals surface area (Å²) in [5, 5.41) is 8.33. The quantitative estimate of drug-likeness (QED) is 0.0134. The lowest BCUT2D eigenvalue weighted by atomic mass is 9.71. The van der Waals surface area contributed by atoms with E-state index >= 15 is 0 Å². The first-order valence-corrected chi connectivity index (χ1v) is 30.7. The third-order valence-corrected chi connectivity index (χ3v) is 12.8. The van der Waals surface area contributed by atoms with E-state index in [2.05, 4.69) is 28.3 Å². The van der Waals surface area contributed by atoms with Gasteiger partial charge in [0.25, 0.3) is 0 Å². The average Bonchev–Trinajstić information content (AvgIpc) is 1.24. The molecule has 0 spiro atoms. The van der Waals surface area contributed by atoms with Crippen molar-refractivity contribution in [3.05, 3.63) is 179 Å². The van der Waals surface area contributed by atoms with E-state index in [1.807, 2.05) is 43.3 Å². The Balaban J connectivity index is 1.07. The molecule has 0 bridgehead atoms. The number of oxime groups is 3. The summed E-state index contributed by atoms with van der Waals surface area (Å²) in [6, 6.07) is 36.1. The molecule has 0 amide bonds. The minimum atomic E-state index is -5.01. The highest BCUT2D eigenvalue weighted by Gasteiger charge is 2.40. The molecular weight excluding hydrogens is 1220 g/mol. The first-order chi connectivity index (χ1) is 40.3. The van der Waals surface area contributed by atoms with Crippen molar-refractivity contribution in [3.8, 4) is 34.5 Å². The first-order valence-electron chi connectivity index (χ1n) is 25.3. The molecule has 0 saturated carbocycles. The number of rotatable bonds is 30. The molecule has 0 N–H and O–H groups in total. The van der Waals surface area contributed by atoms with E-state index < -0.39 is 88.1 Å². The summed E-state index contributed by atoms with van der Waals surface area (Å²) >= 11 is 0. The number of hydrogen-bond acceptors (Lipinski definition) is 18. The lowest BCUT2D eigenvalue weighted by Crippen LogP contribution is -2.25. The Morgan fingerprint density at radius 2 is 0.500 bits per heavy atom. The molecule has 86 heavy (non-hydrogen) atoms. The topological polar surface area (TPSA) is 223 Å². The Labute approximate surface area is 489 Å². The van der Waals surface area contributed by atoms with Crippen LogP contribution in [0.25, 0.3) is 0 Å². The number of benzene rings is 6. The SMILES string of the molecule is CC(c1ccc(OCCCOc2ccc(/C(=N/OS(C)(=O)=O)C(F)(F)F)cc2)cc1)(c1ccc(OCCCOc2ccc(/C(=N/OS(C)(=O)=O)C(F)(F)F)cc2)cc1)c1ccc(OCCCOc2ccc(/C(=N/OS(C)(=O)=O)C(F)(F)F)cc2)cc1. The van der Waals surface area contributed by atoms with Gasteiger partial charge in [-0.05, 0) is 133 Å². The number of alkyl halides is 9. The average molecular weight is 1280 g/mol. The molecule has 18 nitrogen and oxygen atoms in total. The lowest BCUT2D eigenvalue weighted by Gasteiger charge is -2.32. The smallest absolute Gasteiger partial charge is 0.437 e. The van der Waals surface area contributed by atoms with Gasteiger partial charge in [-0.15, -0.1) is 0 Å². The Morgan fingerprint density at radius 1 is 0.326 bits per heavy atom. The third-order valence-electron chi connectivity index (χ3n) is 11.8. The maximum Gasteiger partial charge on any atom is 0.437 e. The van der Waals surface area contributed by atoms with Crippen LogP contribution >= 0.6 is 0 Å². The zero-order valence-electron chi connectivity index (χ0n) is 45.8. The molecule has 0 heterocycles. The van der Waals surface area contributed by atoms with Gasteiger partial charge in [-0.1, -0.05) is 51.9 Å². The largest absolute Gasteiger partial charge is 0.493 e. The summed E-state index contributed by atoms with van der Waals surface area (Å²) in [7, 11) is -12.9. The maximum atomic E-state index is 13.6. The van der Waals surface area contributed by atoms with Gasteiger partial charge < -0.3 is 28.4 Å². The fraction of sp³-hybridized carbons (Fsp3) is 0.304. The number of hydrogen-bond donors (Lipinski definition) is 0. The van der Waals surface area contributed by atoms with Gasteiger partial charge in [-0.3, -0.25) is 12.9 Å². The molecule has 0 aromatic heterocycles. The van der Waals surface area contributed by atoms with E-state index in [9.17, 15) is 64.8 Å². The van der Waals surface area contributed by atoms with Crippen molar-refractivity contribution in [2.24, 2.45) is 15.5 Å². The van der Waals surface area contributed by atoms with Gasteiger partial charge in [0.2, 0.25) is 0 Å². The van der Waals surface area contributed by atoms with Crippen LogP contribution < -0.4 is 28.4 Å². The maximum absolute atomic E-state index is 13.6. The predicted octanol–water partition coefficient (Wildman–Crippen LogP) is 11.3. The lowest BCUT2D eigenvalue weighted by molar-refractivity contribution is -0.0606. The van der Waals surface area contributed by atoms with Crippen LogP contribution in [0.3, 0.4) is 0 Å². The Bertz CT molecular complexity index is 3250. The molecule has 0 aliphatic carbocycles. The fourth-order valence-electron chi connectivity index (χ4n) is 7.72. The molecule has 0 atom stereocenters. The molecule has 6 aromatic rings. The Kier molecular flexibility index (Phi) is 22.4. The summed E-state index contributed by atoms with van der Waals surface area (Å²) < 4.78 is 236. The summed E-state index contributed by atoms with van der Waals surface area (Å²) in [6.07, 6.45) is -12.2. The highest BCUT2D eigenvalue weighted by molar-refractivity contribution is 7.86. The van der Waals surface area contributed by atoms with Crippen molar-refractivity contribution < 1.29 is 106 Å². The van der Waals surface area contributed by atoms with Gasteiger partial charge in [-0.25, -0.2) is 0 Å². The molecule has 464 valence electrons. The predicted molar refractivity (Wildman–Crippen MR) is 297 cm³/mol. The highest BCUT2D eigenvalue weighted by atomic mass is 32.2. The zero-order valence-corrected chi connectivity index (χ0v) is 48.3. The van der Waals surface area contributed by atoms with Gasteiger partial charge in [0.1, 0.15) is 34.5 Å². The molecule has 0 fully saturated rings. The zero-order chi connectivity index (χ0) is 63.0. The normalized spacial score (nSPS) is 13.2. The van der Waals surface area contributed by atoms with Crippen molar-refractivity contribution in [3.63, 3.8) is 0 Å². The van der Waals surface area contributed by atoms with Crippen LogP contribution in [0.2, 0.25) is 0 Å². The molecular formula is C56H54F9N3O15S3. The van der Waals surface area contributed by atoms with Crippen LogP contribution in [-0.4, -0.2) is 119 Å². The number of halogens is 9. The molecule has 30 heteroatoms. The monoisotopic (exact) mass is 1280 g/mol. The van der Waals surface area contributed by atoms with E-state index in [1.165, 1.54) is 36.4 Å². The summed E-state index contributed by atoms with van der Waals surface area (Å²) in [4.78, 5) is 0. The Hall–Kier alpha value is -8.25. The van der Waals surface area contributed by atoms with E-state index in [1.54, 1.807) is 36.4 Å².